The fourth-order valence-corrected chi connectivity index (χ4v) is 1.70. The standard InChI is InChI=1S/C12H15NO2/c14-11(10-5-2-1-3-6-10)13-9-12(15)7-4-8-12/h1-3,5-6,15H,4,7-9H2,(H,13,14). The Labute approximate surface area is 89.1 Å². The van der Waals surface area contributed by atoms with E-state index in [0.717, 1.165) is 19.3 Å². The van der Waals surface area contributed by atoms with Crippen LogP contribution in [0.15, 0.2) is 30.3 Å². The van der Waals surface area contributed by atoms with Crippen LogP contribution in [-0.4, -0.2) is 23.2 Å². The Bertz CT molecular complexity index is 344. The van der Waals surface area contributed by atoms with E-state index in [-0.39, 0.29) is 5.91 Å². The Balaban J connectivity index is 1.88. The molecule has 80 valence electrons. The van der Waals surface area contributed by atoms with Crippen molar-refractivity contribution in [3.05, 3.63) is 35.9 Å². The smallest absolute Gasteiger partial charge is 0.251 e. The third-order valence-electron chi connectivity index (χ3n) is 2.90. The molecule has 0 heterocycles. The summed E-state index contributed by atoms with van der Waals surface area (Å²) in [6.07, 6.45) is 2.64. The first-order valence-electron chi connectivity index (χ1n) is 5.25. The minimum Gasteiger partial charge on any atom is -0.388 e. The number of aliphatic hydroxyl groups is 1. The van der Waals surface area contributed by atoms with Crippen molar-refractivity contribution in [3.63, 3.8) is 0 Å². The summed E-state index contributed by atoms with van der Waals surface area (Å²) in [5, 5.41) is 12.5. The number of rotatable bonds is 3. The maximum atomic E-state index is 11.6. The fourth-order valence-electron chi connectivity index (χ4n) is 1.70. The lowest BCUT2D eigenvalue weighted by atomic mass is 9.80. The van der Waals surface area contributed by atoms with Crippen molar-refractivity contribution < 1.29 is 9.90 Å². The first-order chi connectivity index (χ1) is 7.20. The molecule has 0 aliphatic heterocycles. The zero-order valence-electron chi connectivity index (χ0n) is 8.57. The lowest BCUT2D eigenvalue weighted by Crippen LogP contribution is -2.47. The molecule has 1 saturated carbocycles. The number of carbonyl (C=O) groups is 1. The highest BCUT2D eigenvalue weighted by Crippen LogP contribution is 2.30. The van der Waals surface area contributed by atoms with Crippen LogP contribution in [0.4, 0.5) is 0 Å². The van der Waals surface area contributed by atoms with E-state index >= 15 is 0 Å². The van der Waals surface area contributed by atoms with Crippen molar-refractivity contribution in [2.24, 2.45) is 0 Å². The van der Waals surface area contributed by atoms with Gasteiger partial charge in [-0.3, -0.25) is 4.79 Å². The molecular formula is C12H15NO2. The molecule has 1 amide bonds. The van der Waals surface area contributed by atoms with E-state index in [1.807, 2.05) is 18.2 Å². The number of hydrogen-bond donors (Lipinski definition) is 2. The van der Waals surface area contributed by atoms with Gasteiger partial charge < -0.3 is 10.4 Å². The van der Waals surface area contributed by atoms with E-state index in [1.54, 1.807) is 12.1 Å². The Morgan fingerprint density at radius 2 is 2.00 bits per heavy atom. The summed E-state index contributed by atoms with van der Waals surface area (Å²) in [7, 11) is 0. The van der Waals surface area contributed by atoms with Crippen LogP contribution in [0.3, 0.4) is 0 Å². The Morgan fingerprint density at radius 3 is 2.53 bits per heavy atom. The molecule has 1 aromatic carbocycles. The third-order valence-corrected chi connectivity index (χ3v) is 2.90. The average Bonchev–Trinajstić information content (AvgIpc) is 2.24. The van der Waals surface area contributed by atoms with Gasteiger partial charge in [0, 0.05) is 12.1 Å². The average molecular weight is 205 g/mol. The highest BCUT2D eigenvalue weighted by atomic mass is 16.3. The van der Waals surface area contributed by atoms with Gasteiger partial charge in [0.25, 0.3) is 5.91 Å². The molecule has 0 atom stereocenters. The second kappa shape index (κ2) is 4.03. The molecular weight excluding hydrogens is 190 g/mol. The maximum Gasteiger partial charge on any atom is 0.251 e. The topological polar surface area (TPSA) is 49.3 Å². The van der Waals surface area contributed by atoms with Gasteiger partial charge in [0.05, 0.1) is 5.60 Å². The number of hydrogen-bond acceptors (Lipinski definition) is 2. The minimum absolute atomic E-state index is 0.115. The lowest BCUT2D eigenvalue weighted by Gasteiger charge is -2.36. The van der Waals surface area contributed by atoms with E-state index in [9.17, 15) is 9.90 Å². The summed E-state index contributed by atoms with van der Waals surface area (Å²) in [5.41, 5.74) is -0.00909. The van der Waals surface area contributed by atoms with E-state index in [1.165, 1.54) is 0 Å². The molecule has 0 unspecified atom stereocenters. The number of nitrogens with one attached hydrogen (secondary N) is 1. The van der Waals surface area contributed by atoms with E-state index < -0.39 is 5.60 Å². The van der Waals surface area contributed by atoms with Gasteiger partial charge in [-0.15, -0.1) is 0 Å². The molecule has 2 N–H and O–H groups in total. The molecule has 0 saturated heterocycles. The molecule has 0 bridgehead atoms. The maximum absolute atomic E-state index is 11.6. The van der Waals surface area contributed by atoms with Crippen molar-refractivity contribution in [1.82, 2.24) is 5.32 Å². The molecule has 3 nitrogen and oxygen atoms in total. The fraction of sp³-hybridized carbons (Fsp3) is 0.417. The van der Waals surface area contributed by atoms with Gasteiger partial charge in [-0.1, -0.05) is 18.2 Å². The van der Waals surface area contributed by atoms with Crippen molar-refractivity contribution in [2.45, 2.75) is 24.9 Å². The monoisotopic (exact) mass is 205 g/mol. The van der Waals surface area contributed by atoms with E-state index in [4.69, 9.17) is 0 Å². The molecule has 3 heteroatoms. The molecule has 1 aliphatic rings. The zero-order chi connectivity index (χ0) is 10.7. The van der Waals surface area contributed by atoms with Gasteiger partial charge in [-0.2, -0.15) is 0 Å². The van der Waals surface area contributed by atoms with Crippen LogP contribution >= 0.6 is 0 Å². The summed E-state index contributed by atoms with van der Waals surface area (Å²) in [5.74, 6) is -0.115. The lowest BCUT2D eigenvalue weighted by molar-refractivity contribution is -0.0300. The van der Waals surface area contributed by atoms with Crippen LogP contribution < -0.4 is 5.32 Å². The van der Waals surface area contributed by atoms with Crippen LogP contribution in [-0.2, 0) is 0 Å². The highest BCUT2D eigenvalue weighted by Gasteiger charge is 2.34. The van der Waals surface area contributed by atoms with Crippen LogP contribution in [0.1, 0.15) is 29.6 Å². The Morgan fingerprint density at radius 1 is 1.33 bits per heavy atom. The van der Waals surface area contributed by atoms with Crippen molar-refractivity contribution in [2.75, 3.05) is 6.54 Å². The van der Waals surface area contributed by atoms with Gasteiger partial charge in [0.2, 0.25) is 0 Å². The molecule has 0 aromatic heterocycles. The van der Waals surface area contributed by atoms with Gasteiger partial charge in [-0.25, -0.2) is 0 Å². The predicted molar refractivity (Wildman–Crippen MR) is 57.6 cm³/mol. The summed E-state index contributed by atoms with van der Waals surface area (Å²) in [6.45, 7) is 0.362. The Kier molecular flexibility index (Phi) is 2.73. The third kappa shape index (κ3) is 2.36. The largest absolute Gasteiger partial charge is 0.388 e. The SMILES string of the molecule is O=C(NCC1(O)CCC1)c1ccccc1. The molecule has 2 rings (SSSR count). The predicted octanol–water partition coefficient (Wildman–Crippen LogP) is 1.33. The van der Waals surface area contributed by atoms with Crippen LogP contribution in [0.5, 0.6) is 0 Å². The first kappa shape index (κ1) is 10.2. The number of benzene rings is 1. The second-order valence-electron chi connectivity index (χ2n) is 4.13. The van der Waals surface area contributed by atoms with Crippen molar-refractivity contribution in [1.29, 1.82) is 0 Å². The molecule has 1 aliphatic carbocycles. The van der Waals surface area contributed by atoms with Gasteiger partial charge in [0.15, 0.2) is 0 Å². The summed E-state index contributed by atoms with van der Waals surface area (Å²) >= 11 is 0. The van der Waals surface area contributed by atoms with Crippen LogP contribution in [0.25, 0.3) is 0 Å². The minimum atomic E-state index is -0.648. The Hall–Kier alpha value is -1.35. The second-order valence-corrected chi connectivity index (χ2v) is 4.13. The van der Waals surface area contributed by atoms with Gasteiger partial charge in [0.1, 0.15) is 0 Å². The molecule has 0 radical (unpaired) electrons. The highest BCUT2D eigenvalue weighted by molar-refractivity contribution is 5.94. The van der Waals surface area contributed by atoms with E-state index in [0.29, 0.717) is 12.1 Å². The summed E-state index contributed by atoms with van der Waals surface area (Å²) < 4.78 is 0. The molecule has 1 fully saturated rings. The zero-order valence-corrected chi connectivity index (χ0v) is 8.57. The van der Waals surface area contributed by atoms with Crippen molar-refractivity contribution in [3.8, 4) is 0 Å². The number of amides is 1. The van der Waals surface area contributed by atoms with Crippen LogP contribution in [0, 0.1) is 0 Å². The summed E-state index contributed by atoms with van der Waals surface area (Å²) in [4.78, 5) is 11.6. The molecule has 1 aromatic rings. The number of carbonyl (C=O) groups excluding carboxylic acids is 1. The molecule has 0 spiro atoms. The van der Waals surface area contributed by atoms with Gasteiger partial charge >= 0.3 is 0 Å². The normalized spacial score (nSPS) is 17.9. The van der Waals surface area contributed by atoms with Crippen LogP contribution in [0.2, 0.25) is 0 Å². The molecule has 15 heavy (non-hydrogen) atoms. The quantitative estimate of drug-likeness (QED) is 0.782. The van der Waals surface area contributed by atoms with Gasteiger partial charge in [-0.05, 0) is 31.4 Å². The first-order valence-corrected chi connectivity index (χ1v) is 5.25. The van der Waals surface area contributed by atoms with E-state index in [2.05, 4.69) is 5.32 Å². The van der Waals surface area contributed by atoms with Crippen molar-refractivity contribution >= 4 is 5.91 Å². The summed E-state index contributed by atoms with van der Waals surface area (Å²) in [6, 6.07) is 9.05.